The predicted molar refractivity (Wildman–Crippen MR) is 82.0 cm³/mol. The Hall–Kier alpha value is -0.680. The number of alkyl halides is 1. The highest BCUT2D eigenvalue weighted by Gasteiger charge is 2.38. The first-order chi connectivity index (χ1) is 9.42. The third-order valence-electron chi connectivity index (χ3n) is 2.88. The number of aromatic amines is 1. The van der Waals surface area contributed by atoms with Crippen LogP contribution in [0.4, 0.5) is 0 Å². The number of nitrogens with zero attached hydrogens (tertiary/aromatic N) is 1. The highest BCUT2D eigenvalue weighted by Crippen LogP contribution is 2.31. The lowest BCUT2D eigenvalue weighted by Crippen LogP contribution is -2.32. The first-order valence-electron chi connectivity index (χ1n) is 5.82. The highest BCUT2D eigenvalue weighted by atomic mass is 127. The minimum atomic E-state index is -0.570. The number of ether oxygens (including phenoxy) is 2. The number of aromatic nitrogens is 2. The Balaban J connectivity index is 2.27. The lowest BCUT2D eigenvalue weighted by molar-refractivity contribution is -0.148. The summed E-state index contributed by atoms with van der Waals surface area (Å²) in [6.45, 7) is 1.33. The van der Waals surface area contributed by atoms with Crippen molar-refractivity contribution < 1.29 is 14.3 Å². The maximum absolute atomic E-state index is 11.8. The van der Waals surface area contributed by atoms with E-state index in [9.17, 15) is 14.4 Å². The maximum Gasteiger partial charge on any atom is 0.330 e. The summed E-state index contributed by atoms with van der Waals surface area (Å²) in [5.41, 5.74) is -1.05. The number of carbonyl (C=O) groups excluding carboxylic acids is 1. The number of esters is 1. The van der Waals surface area contributed by atoms with Crippen LogP contribution in [-0.2, 0) is 14.3 Å². The van der Waals surface area contributed by atoms with E-state index in [1.54, 1.807) is 0 Å². The van der Waals surface area contributed by atoms with E-state index in [-0.39, 0.29) is 16.5 Å². The van der Waals surface area contributed by atoms with E-state index in [1.807, 2.05) is 0 Å². The Labute approximate surface area is 135 Å². The molecule has 7 nitrogen and oxygen atoms in total. The molecule has 20 heavy (non-hydrogen) atoms. The van der Waals surface area contributed by atoms with Crippen LogP contribution in [0.15, 0.2) is 20.3 Å². The summed E-state index contributed by atoms with van der Waals surface area (Å²) < 4.78 is 13.1. The van der Waals surface area contributed by atoms with Gasteiger partial charge < -0.3 is 9.47 Å². The summed E-state index contributed by atoms with van der Waals surface area (Å²) in [7, 11) is 0. The molecular weight excluding hydrogens is 447 g/mol. The minimum Gasteiger partial charge on any atom is -0.460 e. The van der Waals surface area contributed by atoms with Crippen LogP contribution < -0.4 is 11.2 Å². The summed E-state index contributed by atoms with van der Waals surface area (Å²) in [6, 6.07) is 0. The molecule has 0 aromatic carbocycles. The molecule has 2 heterocycles. The van der Waals surface area contributed by atoms with E-state index in [2.05, 4.69) is 43.5 Å². The molecule has 1 saturated heterocycles. The van der Waals surface area contributed by atoms with Crippen LogP contribution in [0.1, 0.15) is 19.6 Å². The van der Waals surface area contributed by atoms with Gasteiger partial charge in [0.2, 0.25) is 0 Å². The molecule has 1 N–H and O–H groups in total. The van der Waals surface area contributed by atoms with E-state index < -0.39 is 23.6 Å². The number of H-pyrrole nitrogens is 1. The third-order valence-corrected chi connectivity index (χ3v) is 4.32. The molecule has 1 aliphatic heterocycles. The van der Waals surface area contributed by atoms with Gasteiger partial charge in [0, 0.05) is 24.0 Å². The zero-order chi connectivity index (χ0) is 14.9. The number of rotatable bonds is 3. The van der Waals surface area contributed by atoms with Crippen molar-refractivity contribution >= 4 is 44.5 Å². The van der Waals surface area contributed by atoms with E-state index >= 15 is 0 Å². The van der Waals surface area contributed by atoms with Gasteiger partial charge in [0.1, 0.15) is 18.4 Å². The molecular formula is C11H12BrIN2O5. The predicted octanol–water partition coefficient (Wildman–Crippen LogP) is 0.953. The number of nitrogens with one attached hydrogen (secondary N) is 1. The Morgan fingerprint density at radius 3 is 2.95 bits per heavy atom. The van der Waals surface area contributed by atoms with Crippen molar-refractivity contribution in [2.24, 2.45) is 0 Å². The van der Waals surface area contributed by atoms with Gasteiger partial charge in [-0.3, -0.25) is 19.1 Å². The van der Waals surface area contributed by atoms with Gasteiger partial charge >= 0.3 is 11.7 Å². The van der Waals surface area contributed by atoms with Crippen molar-refractivity contribution in [1.29, 1.82) is 0 Å². The quantitative estimate of drug-likeness (QED) is 0.414. The maximum atomic E-state index is 11.8. The average molecular weight is 459 g/mol. The molecule has 0 amide bonds. The van der Waals surface area contributed by atoms with Crippen molar-refractivity contribution in [3.63, 3.8) is 0 Å². The molecule has 3 atom stereocenters. The van der Waals surface area contributed by atoms with Crippen LogP contribution in [0.5, 0.6) is 0 Å². The molecule has 0 saturated carbocycles. The van der Waals surface area contributed by atoms with E-state index in [1.165, 1.54) is 17.7 Å². The molecule has 0 radical (unpaired) electrons. The second-order valence-corrected chi connectivity index (χ2v) is 6.05. The van der Waals surface area contributed by atoms with Crippen molar-refractivity contribution in [3.8, 4) is 0 Å². The zero-order valence-electron chi connectivity index (χ0n) is 10.5. The van der Waals surface area contributed by atoms with Crippen LogP contribution in [-0.4, -0.2) is 32.2 Å². The topological polar surface area (TPSA) is 90.4 Å². The van der Waals surface area contributed by atoms with Gasteiger partial charge in [-0.15, -0.1) is 0 Å². The minimum absolute atomic E-state index is 0.239. The van der Waals surface area contributed by atoms with Gasteiger partial charge in [-0.2, -0.15) is 0 Å². The van der Waals surface area contributed by atoms with Gasteiger partial charge in [0.25, 0.3) is 5.56 Å². The zero-order valence-corrected chi connectivity index (χ0v) is 14.2. The molecule has 110 valence electrons. The molecule has 9 heteroatoms. The van der Waals surface area contributed by atoms with Crippen molar-refractivity contribution in [1.82, 2.24) is 9.55 Å². The molecule has 0 aliphatic carbocycles. The molecule has 0 unspecified atom stereocenters. The van der Waals surface area contributed by atoms with Crippen LogP contribution in [0.2, 0.25) is 0 Å². The smallest absolute Gasteiger partial charge is 0.330 e. The van der Waals surface area contributed by atoms with Crippen molar-refractivity contribution in [3.05, 3.63) is 31.5 Å². The van der Waals surface area contributed by atoms with E-state index in [0.717, 1.165) is 0 Å². The largest absolute Gasteiger partial charge is 0.460 e. The van der Waals surface area contributed by atoms with Crippen molar-refractivity contribution in [2.75, 3.05) is 4.43 Å². The number of hydrogen-bond donors (Lipinski definition) is 1. The number of hydrogen-bond acceptors (Lipinski definition) is 5. The summed E-state index contributed by atoms with van der Waals surface area (Å²) in [5.74, 6) is -0.385. The van der Waals surface area contributed by atoms with Gasteiger partial charge in [-0.25, -0.2) is 4.79 Å². The molecule has 1 aromatic rings. The summed E-state index contributed by atoms with van der Waals surface area (Å²) in [5, 5.41) is 0. The standard InChI is InChI=1S/C11H12BrIN2O5/c1-5(16)19-7-2-9(20-8(7)3-13)15-4-6(12)10(17)14-11(15)18/h4,7-9H,2-3H2,1H3,(H,14,17,18)/t7-,8+,9+/m0/s1. The van der Waals surface area contributed by atoms with E-state index in [4.69, 9.17) is 9.47 Å². The molecule has 1 fully saturated rings. The molecule has 1 aromatic heterocycles. The van der Waals surface area contributed by atoms with Crippen LogP contribution in [0.3, 0.4) is 0 Å². The summed E-state index contributed by atoms with van der Waals surface area (Å²) in [4.78, 5) is 36.4. The summed E-state index contributed by atoms with van der Waals surface area (Å²) in [6.07, 6.45) is 0.506. The van der Waals surface area contributed by atoms with E-state index in [0.29, 0.717) is 10.8 Å². The summed E-state index contributed by atoms with van der Waals surface area (Å²) >= 11 is 5.20. The lowest BCUT2D eigenvalue weighted by Gasteiger charge is -2.15. The van der Waals surface area contributed by atoms with Crippen LogP contribution in [0, 0.1) is 0 Å². The lowest BCUT2D eigenvalue weighted by atomic mass is 10.2. The molecule has 1 aliphatic rings. The van der Waals surface area contributed by atoms with Gasteiger partial charge in [0.05, 0.1) is 4.47 Å². The second kappa shape index (κ2) is 6.39. The molecule has 2 rings (SSSR count). The fourth-order valence-corrected chi connectivity index (χ4v) is 3.12. The number of halogens is 2. The van der Waals surface area contributed by atoms with Crippen LogP contribution in [0.25, 0.3) is 0 Å². The van der Waals surface area contributed by atoms with Gasteiger partial charge in [0.15, 0.2) is 0 Å². The molecule has 0 bridgehead atoms. The Bertz CT molecular complexity index is 628. The fourth-order valence-electron chi connectivity index (χ4n) is 2.02. The average Bonchev–Trinajstić information content (AvgIpc) is 2.75. The normalized spacial score (nSPS) is 25.6. The van der Waals surface area contributed by atoms with Crippen LogP contribution >= 0.6 is 38.5 Å². The van der Waals surface area contributed by atoms with Gasteiger partial charge in [-0.1, -0.05) is 22.6 Å². The Kier molecular flexibility index (Phi) is 5.02. The second-order valence-electron chi connectivity index (χ2n) is 4.31. The molecule has 0 spiro atoms. The monoisotopic (exact) mass is 458 g/mol. The Morgan fingerprint density at radius 2 is 2.35 bits per heavy atom. The van der Waals surface area contributed by atoms with Crippen molar-refractivity contribution in [2.45, 2.75) is 31.8 Å². The first-order valence-corrected chi connectivity index (χ1v) is 8.14. The first kappa shape index (κ1) is 15.7. The Morgan fingerprint density at radius 1 is 1.65 bits per heavy atom. The third kappa shape index (κ3) is 3.31. The SMILES string of the molecule is CC(=O)O[C@H]1C[C@H](n2cc(Br)c(=O)[nH]c2=O)O[C@@H]1CI. The van der Waals surface area contributed by atoms with Gasteiger partial charge in [-0.05, 0) is 15.9 Å². The number of carbonyl (C=O) groups is 1. The fraction of sp³-hybridized carbons (Fsp3) is 0.545. The highest BCUT2D eigenvalue weighted by molar-refractivity contribution is 14.1.